The number of hydrogen-bond donors (Lipinski definition) is 1. The molecule has 1 N–H and O–H groups in total. The molecule has 0 aliphatic carbocycles. The Kier molecular flexibility index (Phi) is 3.26. The molecular formula is C11H12O2. The second-order valence-corrected chi connectivity index (χ2v) is 2.79. The van der Waals surface area contributed by atoms with E-state index in [-0.39, 0.29) is 5.75 Å². The molecule has 0 aromatic heterocycles. The van der Waals surface area contributed by atoms with Crippen LogP contribution in [-0.2, 0) is 4.79 Å². The quantitative estimate of drug-likeness (QED) is 0.567. The molecule has 1 aromatic carbocycles. The minimum absolute atomic E-state index is 0.218. The fourth-order valence-corrected chi connectivity index (χ4v) is 1.05. The summed E-state index contributed by atoms with van der Waals surface area (Å²) >= 11 is 0. The Balaban J connectivity index is 2.95. The Morgan fingerprint density at radius 1 is 1.54 bits per heavy atom. The van der Waals surface area contributed by atoms with Crippen LogP contribution < -0.4 is 0 Å². The molecule has 1 rings (SSSR count). The van der Waals surface area contributed by atoms with Crippen molar-refractivity contribution in [3.8, 4) is 5.75 Å². The highest BCUT2D eigenvalue weighted by Gasteiger charge is 1.93. The molecule has 0 saturated heterocycles. The number of aromatic hydroxyl groups is 1. The number of phenols is 1. The van der Waals surface area contributed by atoms with Crippen LogP contribution in [0.15, 0.2) is 29.8 Å². The zero-order valence-electron chi connectivity index (χ0n) is 7.53. The van der Waals surface area contributed by atoms with Crippen LogP contribution in [0.25, 0.3) is 6.08 Å². The molecule has 0 saturated carbocycles. The molecular weight excluding hydrogens is 164 g/mol. The smallest absolute Gasteiger partial charge is 0.146 e. The lowest BCUT2D eigenvalue weighted by Gasteiger charge is -1.96. The first-order valence-electron chi connectivity index (χ1n) is 4.21. The third kappa shape index (κ3) is 2.75. The van der Waals surface area contributed by atoms with Crippen molar-refractivity contribution in [2.45, 2.75) is 13.3 Å². The molecule has 2 heteroatoms. The van der Waals surface area contributed by atoms with Gasteiger partial charge in [0.1, 0.15) is 12.0 Å². The highest BCUT2D eigenvalue weighted by Crippen LogP contribution is 2.14. The molecule has 0 heterocycles. The number of benzene rings is 1. The van der Waals surface area contributed by atoms with Gasteiger partial charge < -0.3 is 5.11 Å². The van der Waals surface area contributed by atoms with Crippen molar-refractivity contribution in [1.29, 1.82) is 0 Å². The second kappa shape index (κ2) is 4.45. The minimum Gasteiger partial charge on any atom is -0.508 e. The molecule has 0 unspecified atom stereocenters. The predicted octanol–water partition coefficient (Wildman–Crippen LogP) is 2.38. The van der Waals surface area contributed by atoms with Crippen LogP contribution in [0.1, 0.15) is 18.9 Å². The summed E-state index contributed by atoms with van der Waals surface area (Å²) in [5.41, 5.74) is 1.58. The molecule has 0 aliphatic heterocycles. The van der Waals surface area contributed by atoms with Crippen molar-refractivity contribution in [1.82, 2.24) is 0 Å². The number of carbonyl (C=O) groups is 1. The van der Waals surface area contributed by atoms with E-state index >= 15 is 0 Å². The molecule has 0 amide bonds. The zero-order valence-corrected chi connectivity index (χ0v) is 7.53. The van der Waals surface area contributed by atoms with Crippen molar-refractivity contribution in [2.75, 3.05) is 0 Å². The van der Waals surface area contributed by atoms with Gasteiger partial charge in [-0.15, -0.1) is 0 Å². The Morgan fingerprint density at radius 2 is 2.31 bits per heavy atom. The fraction of sp³-hybridized carbons (Fsp3) is 0.182. The van der Waals surface area contributed by atoms with Gasteiger partial charge in [0.25, 0.3) is 0 Å². The van der Waals surface area contributed by atoms with Gasteiger partial charge in [-0.3, -0.25) is 4.79 Å². The Hall–Kier alpha value is -1.57. The molecule has 0 radical (unpaired) electrons. The molecule has 1 aromatic rings. The fourth-order valence-electron chi connectivity index (χ4n) is 1.05. The average Bonchev–Trinajstić information content (AvgIpc) is 2.14. The summed E-state index contributed by atoms with van der Waals surface area (Å²) < 4.78 is 0. The molecule has 0 spiro atoms. The number of aldehydes is 1. The molecule has 0 bridgehead atoms. The largest absolute Gasteiger partial charge is 0.508 e. The first-order chi connectivity index (χ1) is 6.26. The van der Waals surface area contributed by atoms with Gasteiger partial charge in [-0.05, 0) is 35.8 Å². The SMILES string of the molecule is CC/C(C=O)=C\c1cccc(O)c1. The van der Waals surface area contributed by atoms with Crippen molar-refractivity contribution in [2.24, 2.45) is 0 Å². The second-order valence-electron chi connectivity index (χ2n) is 2.79. The van der Waals surface area contributed by atoms with Gasteiger partial charge in [0, 0.05) is 0 Å². The van der Waals surface area contributed by atoms with Crippen molar-refractivity contribution in [3.63, 3.8) is 0 Å². The maximum absolute atomic E-state index is 10.5. The van der Waals surface area contributed by atoms with Crippen LogP contribution in [-0.4, -0.2) is 11.4 Å². The summed E-state index contributed by atoms with van der Waals surface area (Å²) in [5, 5.41) is 9.15. The van der Waals surface area contributed by atoms with E-state index in [1.165, 1.54) is 0 Å². The summed E-state index contributed by atoms with van der Waals surface area (Å²) in [7, 11) is 0. The molecule has 2 nitrogen and oxygen atoms in total. The van der Waals surface area contributed by atoms with Gasteiger partial charge in [-0.25, -0.2) is 0 Å². The number of allylic oxidation sites excluding steroid dienone is 1. The molecule has 0 atom stereocenters. The van der Waals surface area contributed by atoms with E-state index in [0.717, 1.165) is 17.4 Å². The van der Waals surface area contributed by atoms with E-state index in [1.807, 2.05) is 13.0 Å². The number of hydrogen-bond acceptors (Lipinski definition) is 2. The van der Waals surface area contributed by atoms with E-state index in [2.05, 4.69) is 0 Å². The van der Waals surface area contributed by atoms with Gasteiger partial charge in [0.05, 0.1) is 0 Å². The standard InChI is InChI=1S/C11H12O2/c1-2-9(8-12)6-10-4-3-5-11(13)7-10/h3-8,13H,2H2,1H3/b9-6+. The lowest BCUT2D eigenvalue weighted by atomic mass is 10.1. The van der Waals surface area contributed by atoms with Crippen LogP contribution in [0.5, 0.6) is 5.75 Å². The minimum atomic E-state index is 0.218. The molecule has 0 aliphatic rings. The van der Waals surface area contributed by atoms with Gasteiger partial charge in [0.15, 0.2) is 0 Å². The summed E-state index contributed by atoms with van der Waals surface area (Å²) in [6.07, 6.45) is 3.32. The van der Waals surface area contributed by atoms with E-state index in [4.69, 9.17) is 5.11 Å². The topological polar surface area (TPSA) is 37.3 Å². The maximum atomic E-state index is 10.5. The Morgan fingerprint density at radius 3 is 2.85 bits per heavy atom. The monoisotopic (exact) mass is 176 g/mol. The van der Waals surface area contributed by atoms with Crippen molar-refractivity contribution >= 4 is 12.4 Å². The maximum Gasteiger partial charge on any atom is 0.146 e. The number of rotatable bonds is 3. The third-order valence-corrected chi connectivity index (χ3v) is 1.78. The third-order valence-electron chi connectivity index (χ3n) is 1.78. The zero-order chi connectivity index (χ0) is 9.68. The lowest BCUT2D eigenvalue weighted by Crippen LogP contribution is -1.81. The van der Waals surface area contributed by atoms with Crippen LogP contribution in [0.2, 0.25) is 0 Å². The molecule has 68 valence electrons. The normalized spacial score (nSPS) is 11.3. The van der Waals surface area contributed by atoms with E-state index < -0.39 is 0 Å². The Bertz CT molecular complexity index is 327. The van der Waals surface area contributed by atoms with Gasteiger partial charge >= 0.3 is 0 Å². The van der Waals surface area contributed by atoms with Gasteiger partial charge in [-0.2, -0.15) is 0 Å². The van der Waals surface area contributed by atoms with Crippen LogP contribution in [0.4, 0.5) is 0 Å². The highest BCUT2D eigenvalue weighted by molar-refractivity contribution is 5.81. The summed E-state index contributed by atoms with van der Waals surface area (Å²) in [4.78, 5) is 10.5. The van der Waals surface area contributed by atoms with E-state index in [1.54, 1.807) is 24.3 Å². The first kappa shape index (κ1) is 9.52. The Labute approximate surface area is 77.5 Å². The summed E-state index contributed by atoms with van der Waals surface area (Å²) in [5.74, 6) is 0.218. The van der Waals surface area contributed by atoms with Crippen LogP contribution in [0, 0.1) is 0 Å². The first-order valence-corrected chi connectivity index (χ1v) is 4.21. The average molecular weight is 176 g/mol. The predicted molar refractivity (Wildman–Crippen MR) is 52.4 cm³/mol. The van der Waals surface area contributed by atoms with Crippen LogP contribution >= 0.6 is 0 Å². The molecule has 0 fully saturated rings. The number of phenolic OH excluding ortho intramolecular Hbond substituents is 1. The number of carbonyl (C=O) groups excluding carboxylic acids is 1. The van der Waals surface area contributed by atoms with E-state index in [0.29, 0.717) is 6.42 Å². The summed E-state index contributed by atoms with van der Waals surface area (Å²) in [6.45, 7) is 1.92. The summed E-state index contributed by atoms with van der Waals surface area (Å²) in [6, 6.07) is 6.82. The van der Waals surface area contributed by atoms with Crippen molar-refractivity contribution in [3.05, 3.63) is 35.4 Å². The molecule has 13 heavy (non-hydrogen) atoms. The lowest BCUT2D eigenvalue weighted by molar-refractivity contribution is -0.104. The van der Waals surface area contributed by atoms with Crippen LogP contribution in [0.3, 0.4) is 0 Å². The van der Waals surface area contributed by atoms with Gasteiger partial charge in [-0.1, -0.05) is 19.1 Å². The van der Waals surface area contributed by atoms with Crippen molar-refractivity contribution < 1.29 is 9.90 Å². The van der Waals surface area contributed by atoms with E-state index in [9.17, 15) is 4.79 Å². The van der Waals surface area contributed by atoms with Gasteiger partial charge in [0.2, 0.25) is 0 Å². The highest BCUT2D eigenvalue weighted by atomic mass is 16.3.